The van der Waals surface area contributed by atoms with E-state index in [4.69, 9.17) is 9.47 Å². The van der Waals surface area contributed by atoms with Crippen LogP contribution in [0.2, 0.25) is 0 Å². The Morgan fingerprint density at radius 1 is 1.11 bits per heavy atom. The monoisotopic (exact) mass is 263 g/mol. The van der Waals surface area contributed by atoms with Crippen molar-refractivity contribution in [2.75, 3.05) is 26.3 Å². The molecular formula is C16H25NO2. The standard InChI is InChI=1S/C16H25NO2/c1-13(2)12-17-8-4-3-5-14-6-7-15-16(11-14)19-10-9-18-15/h6-7,11,13,17H,3-5,8-10,12H2,1-2H3. The number of hydrogen-bond donors (Lipinski definition) is 1. The molecule has 0 aromatic heterocycles. The van der Waals surface area contributed by atoms with Crippen LogP contribution in [0.5, 0.6) is 11.5 Å². The second kappa shape index (κ2) is 7.39. The van der Waals surface area contributed by atoms with Gasteiger partial charge < -0.3 is 14.8 Å². The molecule has 2 rings (SSSR count). The lowest BCUT2D eigenvalue weighted by atomic mass is 10.1. The minimum atomic E-state index is 0.661. The molecule has 0 radical (unpaired) electrons. The topological polar surface area (TPSA) is 30.5 Å². The number of ether oxygens (including phenoxy) is 2. The van der Waals surface area contributed by atoms with Crippen LogP contribution >= 0.6 is 0 Å². The van der Waals surface area contributed by atoms with Gasteiger partial charge >= 0.3 is 0 Å². The zero-order chi connectivity index (χ0) is 13.5. The van der Waals surface area contributed by atoms with Crippen molar-refractivity contribution >= 4 is 0 Å². The van der Waals surface area contributed by atoms with Gasteiger partial charge in [-0.2, -0.15) is 0 Å². The third-order valence-electron chi connectivity index (χ3n) is 3.23. The molecule has 3 nitrogen and oxygen atoms in total. The molecule has 0 saturated heterocycles. The lowest BCUT2D eigenvalue weighted by Crippen LogP contribution is -2.20. The minimum absolute atomic E-state index is 0.661. The third-order valence-corrected chi connectivity index (χ3v) is 3.23. The molecule has 0 amide bonds. The maximum Gasteiger partial charge on any atom is 0.161 e. The zero-order valence-electron chi connectivity index (χ0n) is 12.1. The average molecular weight is 263 g/mol. The van der Waals surface area contributed by atoms with Crippen LogP contribution in [0.3, 0.4) is 0 Å². The molecule has 3 heteroatoms. The molecule has 19 heavy (non-hydrogen) atoms. The fraction of sp³-hybridized carbons (Fsp3) is 0.625. The molecule has 106 valence electrons. The van der Waals surface area contributed by atoms with Crippen LogP contribution in [-0.4, -0.2) is 26.3 Å². The highest BCUT2D eigenvalue weighted by Gasteiger charge is 2.11. The number of nitrogens with one attached hydrogen (secondary N) is 1. The molecule has 1 aromatic carbocycles. The van der Waals surface area contributed by atoms with Crippen LogP contribution in [-0.2, 0) is 6.42 Å². The van der Waals surface area contributed by atoms with Gasteiger partial charge in [-0.3, -0.25) is 0 Å². The van der Waals surface area contributed by atoms with Crippen molar-refractivity contribution in [1.29, 1.82) is 0 Å². The van der Waals surface area contributed by atoms with Crippen molar-refractivity contribution in [3.8, 4) is 11.5 Å². The number of unbranched alkanes of at least 4 members (excludes halogenated alkanes) is 1. The van der Waals surface area contributed by atoms with Crippen molar-refractivity contribution in [3.05, 3.63) is 23.8 Å². The van der Waals surface area contributed by atoms with Gasteiger partial charge in [0, 0.05) is 0 Å². The van der Waals surface area contributed by atoms with E-state index in [0.29, 0.717) is 13.2 Å². The highest BCUT2D eigenvalue weighted by Crippen LogP contribution is 2.31. The lowest BCUT2D eigenvalue weighted by molar-refractivity contribution is 0.171. The van der Waals surface area contributed by atoms with Gasteiger partial charge in [-0.15, -0.1) is 0 Å². The van der Waals surface area contributed by atoms with Crippen molar-refractivity contribution < 1.29 is 9.47 Å². The summed E-state index contributed by atoms with van der Waals surface area (Å²) >= 11 is 0. The molecule has 1 aromatic rings. The Morgan fingerprint density at radius 2 is 1.89 bits per heavy atom. The highest BCUT2D eigenvalue weighted by molar-refractivity contribution is 5.43. The predicted molar refractivity (Wildman–Crippen MR) is 78.1 cm³/mol. The van der Waals surface area contributed by atoms with Gasteiger partial charge in [0.1, 0.15) is 13.2 Å². The summed E-state index contributed by atoms with van der Waals surface area (Å²) in [5, 5.41) is 3.48. The van der Waals surface area contributed by atoms with Gasteiger partial charge in [-0.1, -0.05) is 19.9 Å². The maximum absolute atomic E-state index is 5.60. The van der Waals surface area contributed by atoms with Gasteiger partial charge in [0.2, 0.25) is 0 Å². The summed E-state index contributed by atoms with van der Waals surface area (Å²) in [6.45, 7) is 8.03. The van der Waals surface area contributed by atoms with Crippen LogP contribution < -0.4 is 14.8 Å². The number of benzene rings is 1. The predicted octanol–water partition coefficient (Wildman–Crippen LogP) is 3.03. The van der Waals surface area contributed by atoms with E-state index in [0.717, 1.165) is 36.9 Å². The van der Waals surface area contributed by atoms with Gasteiger partial charge in [0.25, 0.3) is 0 Å². The first kappa shape index (κ1) is 14.2. The Bertz CT molecular complexity index is 390. The van der Waals surface area contributed by atoms with Crippen molar-refractivity contribution in [2.24, 2.45) is 5.92 Å². The molecule has 1 aliphatic rings. The van der Waals surface area contributed by atoms with Crippen LogP contribution in [0.1, 0.15) is 32.3 Å². The first-order valence-electron chi connectivity index (χ1n) is 7.35. The van der Waals surface area contributed by atoms with Crippen LogP contribution in [0.15, 0.2) is 18.2 Å². The lowest BCUT2D eigenvalue weighted by Gasteiger charge is -2.18. The van der Waals surface area contributed by atoms with Crippen molar-refractivity contribution in [3.63, 3.8) is 0 Å². The molecule has 0 atom stereocenters. The Kier molecular flexibility index (Phi) is 5.52. The summed E-state index contributed by atoms with van der Waals surface area (Å²) in [4.78, 5) is 0. The van der Waals surface area contributed by atoms with E-state index in [9.17, 15) is 0 Å². The first-order valence-corrected chi connectivity index (χ1v) is 7.35. The third kappa shape index (κ3) is 4.75. The molecule has 0 aliphatic carbocycles. The Balaban J connectivity index is 1.68. The summed E-state index contributed by atoms with van der Waals surface area (Å²) in [5.74, 6) is 2.52. The number of fused-ring (bicyclic) bond motifs is 1. The van der Waals surface area contributed by atoms with Gasteiger partial charge in [-0.05, 0) is 56.0 Å². The van der Waals surface area contributed by atoms with E-state index in [1.54, 1.807) is 0 Å². The van der Waals surface area contributed by atoms with E-state index in [1.165, 1.54) is 18.4 Å². The van der Waals surface area contributed by atoms with E-state index in [2.05, 4.69) is 31.3 Å². The molecule has 0 saturated carbocycles. The largest absolute Gasteiger partial charge is 0.486 e. The highest BCUT2D eigenvalue weighted by atomic mass is 16.6. The SMILES string of the molecule is CC(C)CNCCCCc1ccc2c(c1)OCCO2. The summed E-state index contributed by atoms with van der Waals surface area (Å²) in [6, 6.07) is 6.30. The molecule has 1 aliphatic heterocycles. The Morgan fingerprint density at radius 3 is 2.68 bits per heavy atom. The molecule has 0 bridgehead atoms. The summed E-state index contributed by atoms with van der Waals surface area (Å²) in [7, 11) is 0. The molecule has 0 spiro atoms. The molecule has 1 N–H and O–H groups in total. The Labute approximate surface area is 116 Å². The molecule has 0 fully saturated rings. The second-order valence-electron chi connectivity index (χ2n) is 5.53. The first-order chi connectivity index (χ1) is 9.25. The van der Waals surface area contributed by atoms with Crippen LogP contribution in [0, 0.1) is 5.92 Å². The minimum Gasteiger partial charge on any atom is -0.486 e. The summed E-state index contributed by atoms with van der Waals surface area (Å²) < 4.78 is 11.1. The van der Waals surface area contributed by atoms with Gasteiger partial charge in [0.15, 0.2) is 11.5 Å². The Hall–Kier alpha value is -1.22. The fourth-order valence-electron chi connectivity index (χ4n) is 2.21. The van der Waals surface area contributed by atoms with Crippen LogP contribution in [0.25, 0.3) is 0 Å². The normalized spacial score (nSPS) is 13.8. The maximum atomic E-state index is 5.60. The number of aryl methyl sites for hydroxylation is 1. The molecule has 1 heterocycles. The quantitative estimate of drug-likeness (QED) is 0.767. The molecular weight excluding hydrogens is 238 g/mol. The van der Waals surface area contributed by atoms with E-state index in [1.807, 2.05) is 6.07 Å². The van der Waals surface area contributed by atoms with Gasteiger partial charge in [-0.25, -0.2) is 0 Å². The summed E-state index contributed by atoms with van der Waals surface area (Å²) in [6.07, 6.45) is 3.55. The number of hydrogen-bond acceptors (Lipinski definition) is 3. The van der Waals surface area contributed by atoms with Gasteiger partial charge in [0.05, 0.1) is 0 Å². The zero-order valence-corrected chi connectivity index (χ0v) is 12.1. The second-order valence-corrected chi connectivity index (χ2v) is 5.53. The van der Waals surface area contributed by atoms with E-state index < -0.39 is 0 Å². The van der Waals surface area contributed by atoms with E-state index >= 15 is 0 Å². The smallest absolute Gasteiger partial charge is 0.161 e. The van der Waals surface area contributed by atoms with E-state index in [-0.39, 0.29) is 0 Å². The van der Waals surface area contributed by atoms with Crippen molar-refractivity contribution in [2.45, 2.75) is 33.1 Å². The molecule has 0 unspecified atom stereocenters. The fourth-order valence-corrected chi connectivity index (χ4v) is 2.21. The number of rotatable bonds is 7. The average Bonchev–Trinajstić information content (AvgIpc) is 2.42. The van der Waals surface area contributed by atoms with Crippen LogP contribution in [0.4, 0.5) is 0 Å². The summed E-state index contributed by atoms with van der Waals surface area (Å²) in [5.41, 5.74) is 1.34. The van der Waals surface area contributed by atoms with Crippen molar-refractivity contribution in [1.82, 2.24) is 5.32 Å².